The number of benzene rings is 6. The molecule has 14 rings (SSSR count). The fourth-order valence-electron chi connectivity index (χ4n) is 8.87. The van der Waals surface area contributed by atoms with Gasteiger partial charge in [-0.05, 0) is 184 Å². The maximum Gasteiger partial charge on any atom is 0.491 e. The van der Waals surface area contributed by atoms with E-state index in [4.69, 9.17) is 43.2 Å². The largest absolute Gasteiger partial charge is 0.491 e. The highest BCUT2D eigenvalue weighted by Crippen LogP contribution is 2.35. The van der Waals surface area contributed by atoms with Crippen molar-refractivity contribution < 1.29 is 99.5 Å². The summed E-state index contributed by atoms with van der Waals surface area (Å²) in [4.78, 5) is 40.0. The lowest BCUT2D eigenvalue weighted by Gasteiger charge is -2.07. The Kier molecular flexibility index (Phi) is 31.3. The van der Waals surface area contributed by atoms with Crippen molar-refractivity contribution in [2.24, 2.45) is 5.73 Å². The molecular weight excluding hydrogens is 1730 g/mol. The number of nitrogen functional groups attached to an aromatic ring is 3. The third-order valence-corrected chi connectivity index (χ3v) is 15.2. The number of nitrogens with one attached hydrogen (secondary N) is 3. The second kappa shape index (κ2) is 40.7. The van der Waals surface area contributed by atoms with Crippen LogP contribution in [0.5, 0.6) is 0 Å². The topological polar surface area (TPSA) is 481 Å². The van der Waals surface area contributed by atoms with E-state index in [0.29, 0.717) is 45.5 Å². The van der Waals surface area contributed by atoms with Crippen LogP contribution in [0.15, 0.2) is 237 Å². The summed E-state index contributed by atoms with van der Waals surface area (Å²) in [6.45, 7) is 0. The third-order valence-electron chi connectivity index (χ3n) is 14.7. The summed E-state index contributed by atoms with van der Waals surface area (Å²) in [5.41, 5.74) is 15.8. The normalized spacial score (nSPS) is 11.1. The Hall–Kier alpha value is -15.3. The quantitative estimate of drug-likeness (QED) is 0.0141. The summed E-state index contributed by atoms with van der Waals surface area (Å²) in [5.74, 6) is -0.121. The van der Waals surface area contributed by atoms with Gasteiger partial charge in [-0.2, -0.15) is 99.5 Å². The standard InChI is InChI=1S/C15H12F3N7.C15H9F3N6.C9H5F3N4O2.2C9H7F3N4.C7H6BF3O2.C6H3BrN2.H2O/c16-15(17,18)9-1-4-11(5-2-9)25-8-22-14(24-25)23-10-3-6-12(13(19)20)21-7-10;16-15(17,18)10-1-5-13(6-2-10)24-9-21-14(23-24)22-12-4-3-11(7-19)20-8-12;10-9(11,12)6-1-3-7(4-2-6)15-5-13-8(14-15)16(17)18;2*10-9(11,12)6-1-3-7(4-2-6)16-5-14-8(13)15-16;9-7(10,11)5-1-3-6(4-2-5)8(12)13;7-5-1-2-6(3-8)9-4-5;/h1-8H,(H3,19,20)(H,23,24);1-6,8-9H,(H,22,23);1-5H;2*1-5H,(H2,13,15);1-4,12-13H;1-2,4H;1H2. The molecule has 0 saturated carbocycles. The van der Waals surface area contributed by atoms with Crippen LogP contribution in [-0.2, 0) is 37.1 Å². The maximum atomic E-state index is 12.6. The van der Waals surface area contributed by atoms with Gasteiger partial charge in [0, 0.05) is 15.8 Å². The molecular formula is C70H51BBrF18N27O5. The van der Waals surface area contributed by atoms with E-state index in [-0.39, 0.29) is 51.9 Å². The van der Waals surface area contributed by atoms with Crippen LogP contribution >= 0.6 is 15.9 Å². The van der Waals surface area contributed by atoms with E-state index >= 15 is 0 Å². The Bertz CT molecular complexity index is 5690. The lowest BCUT2D eigenvalue weighted by molar-refractivity contribution is -0.394. The van der Waals surface area contributed by atoms with Crippen molar-refractivity contribution >= 4 is 75.5 Å². The minimum Gasteiger partial charge on any atom is -0.423 e. The van der Waals surface area contributed by atoms with Crippen molar-refractivity contribution in [1.82, 2.24) is 88.8 Å². The molecule has 13 N–H and O–H groups in total. The highest BCUT2D eigenvalue weighted by atomic mass is 79.9. The summed E-state index contributed by atoms with van der Waals surface area (Å²) in [6, 6.07) is 39.6. The van der Waals surface area contributed by atoms with Crippen molar-refractivity contribution in [3.8, 4) is 40.6 Å². The molecule has 122 heavy (non-hydrogen) atoms. The fraction of sp³-hybridized carbons (Fsp3) is 0.0857. The molecule has 0 aliphatic rings. The van der Waals surface area contributed by atoms with Crippen LogP contribution in [0.1, 0.15) is 50.5 Å². The van der Waals surface area contributed by atoms with Crippen LogP contribution in [-0.4, -0.2) is 122 Å². The van der Waals surface area contributed by atoms with E-state index in [1.165, 1.54) is 111 Å². The summed E-state index contributed by atoms with van der Waals surface area (Å²) in [5, 5.41) is 76.9. The number of rotatable bonds is 12. The van der Waals surface area contributed by atoms with Gasteiger partial charge >= 0.3 is 50.1 Å². The SMILES string of the molecule is N#Cc1ccc(Br)cn1.N#Cc1ccc(Nc2ncn(-c3ccc(C(F)(F)F)cc3)n2)cn1.N=C(N)c1ccc(Nc2ncn(-c3ccc(C(F)(F)F)cc3)n2)cn1.Nc1ncn(-c2ccc(C(F)(F)F)cc2)n1.Nc1ncn(-c2ccc(C(F)(F)F)cc2)n1.O.O=[N+]([O-])c1ncn(-c2ccc(C(F)(F)F)cc2)n1.OB(O)c1ccc(C(F)(F)F)cc1. The van der Waals surface area contributed by atoms with Crippen LogP contribution in [0.2, 0.25) is 0 Å². The molecule has 0 atom stereocenters. The van der Waals surface area contributed by atoms with E-state index < -0.39 is 88.4 Å². The zero-order valence-electron chi connectivity index (χ0n) is 60.5. The molecule has 0 aliphatic heterocycles. The number of nitro groups is 1. The summed E-state index contributed by atoms with van der Waals surface area (Å²) < 4.78 is 229. The third kappa shape index (κ3) is 28.2. The number of halogens is 19. The van der Waals surface area contributed by atoms with Gasteiger partial charge in [0.2, 0.25) is 30.1 Å². The zero-order chi connectivity index (χ0) is 88.8. The molecule has 14 aromatic rings. The van der Waals surface area contributed by atoms with Gasteiger partial charge in [0.05, 0.1) is 85.6 Å². The number of nitriles is 2. The number of pyridine rings is 3. The van der Waals surface area contributed by atoms with Gasteiger partial charge in [0.25, 0.3) is 0 Å². The number of alkyl halides is 18. The molecule has 0 fully saturated rings. The first-order valence-electron chi connectivity index (χ1n) is 32.7. The minimum absolute atomic E-state index is 0. The lowest BCUT2D eigenvalue weighted by Crippen LogP contribution is -2.29. The van der Waals surface area contributed by atoms with Crippen molar-refractivity contribution in [3.63, 3.8) is 0 Å². The second-order valence-electron chi connectivity index (χ2n) is 23.2. The van der Waals surface area contributed by atoms with E-state index in [9.17, 15) is 89.1 Å². The van der Waals surface area contributed by atoms with Crippen LogP contribution in [0.4, 0.5) is 120 Å². The summed E-state index contributed by atoms with van der Waals surface area (Å²) in [7, 11) is -1.73. The maximum absolute atomic E-state index is 12.6. The van der Waals surface area contributed by atoms with Crippen molar-refractivity contribution in [2.75, 3.05) is 22.1 Å². The number of nitrogens with zero attached hydrogens (tertiary/aromatic N) is 21. The Morgan fingerprint density at radius 1 is 0.410 bits per heavy atom. The van der Waals surface area contributed by atoms with Gasteiger partial charge in [0.1, 0.15) is 60.4 Å². The molecule has 0 amide bonds. The van der Waals surface area contributed by atoms with Crippen LogP contribution in [0, 0.1) is 38.2 Å². The van der Waals surface area contributed by atoms with E-state index in [2.05, 4.69) is 91.9 Å². The molecule has 6 aromatic carbocycles. The average molecular weight is 1780 g/mol. The van der Waals surface area contributed by atoms with E-state index in [1.54, 1.807) is 36.5 Å². The Morgan fingerprint density at radius 2 is 0.697 bits per heavy atom. The van der Waals surface area contributed by atoms with E-state index in [1.807, 2.05) is 12.1 Å². The van der Waals surface area contributed by atoms with Crippen molar-refractivity contribution in [1.29, 1.82) is 15.9 Å². The van der Waals surface area contributed by atoms with Gasteiger partial charge in [-0.3, -0.25) is 10.4 Å². The first-order valence-corrected chi connectivity index (χ1v) is 33.5. The van der Waals surface area contributed by atoms with Crippen LogP contribution < -0.4 is 33.3 Å². The van der Waals surface area contributed by atoms with Gasteiger partial charge < -0.3 is 53.5 Å². The predicted octanol–water partition coefficient (Wildman–Crippen LogP) is 13.2. The molecule has 0 radical (unpaired) electrons. The number of amidine groups is 1. The molecule has 8 aromatic heterocycles. The fourth-order valence-corrected chi connectivity index (χ4v) is 9.11. The highest BCUT2D eigenvalue weighted by molar-refractivity contribution is 9.10. The Labute approximate surface area is 679 Å². The molecule has 0 spiro atoms. The summed E-state index contributed by atoms with van der Waals surface area (Å²) >= 11 is 3.20. The zero-order valence-corrected chi connectivity index (χ0v) is 62.1. The molecule has 0 unspecified atom stereocenters. The molecule has 0 saturated heterocycles. The molecule has 32 nitrogen and oxygen atoms in total. The molecule has 8 heterocycles. The second-order valence-corrected chi connectivity index (χ2v) is 24.1. The monoisotopic (exact) mass is 1780 g/mol. The number of hydrogen-bond donors (Lipinski definition) is 8. The van der Waals surface area contributed by atoms with Gasteiger partial charge in [-0.25, -0.2) is 38.7 Å². The number of nitrogens with two attached hydrogens (primary N) is 3. The van der Waals surface area contributed by atoms with Gasteiger partial charge in [-0.1, -0.05) is 29.2 Å². The Morgan fingerprint density at radius 3 is 0.943 bits per heavy atom. The van der Waals surface area contributed by atoms with Crippen LogP contribution in [0.3, 0.4) is 0 Å². The molecule has 0 bridgehead atoms. The number of anilines is 6. The van der Waals surface area contributed by atoms with Crippen molar-refractivity contribution in [3.05, 3.63) is 297 Å². The smallest absolute Gasteiger partial charge is 0.423 e. The predicted molar refractivity (Wildman–Crippen MR) is 400 cm³/mol. The van der Waals surface area contributed by atoms with Gasteiger partial charge in [-0.15, -0.1) is 25.1 Å². The number of aromatic nitrogens is 18. The first-order chi connectivity index (χ1) is 56.8. The number of hydrogen-bond acceptors (Lipinski definition) is 24. The first kappa shape index (κ1) is 93.8. The van der Waals surface area contributed by atoms with Crippen LogP contribution in [0.25, 0.3) is 28.4 Å². The molecule has 0 aliphatic carbocycles. The van der Waals surface area contributed by atoms with Gasteiger partial charge in [0.15, 0.2) is 0 Å². The molecule has 632 valence electrons. The minimum atomic E-state index is -4.42. The Balaban J connectivity index is 0.000000199. The average Bonchev–Trinajstić information content (AvgIpc) is 1.54. The van der Waals surface area contributed by atoms with E-state index in [0.717, 1.165) is 113 Å². The van der Waals surface area contributed by atoms with Crippen molar-refractivity contribution in [2.45, 2.75) is 37.1 Å². The lowest BCUT2D eigenvalue weighted by atomic mass is 9.80. The highest BCUT2D eigenvalue weighted by Gasteiger charge is 2.35. The summed E-state index contributed by atoms with van der Waals surface area (Å²) in [6.07, 6.45) is -15.2. The molecule has 52 heteroatoms.